The van der Waals surface area contributed by atoms with Crippen LogP contribution in [0.3, 0.4) is 0 Å². The van der Waals surface area contributed by atoms with Crippen LogP contribution in [-0.2, 0) is 0 Å². The van der Waals surface area contributed by atoms with Crippen molar-refractivity contribution < 1.29 is 0 Å². The largest absolute Gasteiger partial charge is 0.139 e. The van der Waals surface area contributed by atoms with Gasteiger partial charge in [0.1, 0.15) is 15.7 Å². The third kappa shape index (κ3) is 5.64. The molecule has 2 heteroatoms. The van der Waals surface area contributed by atoms with Crippen molar-refractivity contribution in [1.82, 2.24) is 0 Å². The average Bonchev–Trinajstić information content (AvgIpc) is 3.33. The highest BCUT2D eigenvalue weighted by Gasteiger charge is 2.27. The van der Waals surface area contributed by atoms with Crippen LogP contribution in [0.15, 0.2) is 218 Å². The van der Waals surface area contributed by atoms with E-state index in [1.807, 2.05) is 0 Å². The van der Waals surface area contributed by atoms with Crippen molar-refractivity contribution in [1.29, 1.82) is 0 Å². The number of fused-ring (bicyclic) bond motifs is 6. The number of rotatable bonds is 6. The van der Waals surface area contributed by atoms with Crippen molar-refractivity contribution in [2.45, 2.75) is 0 Å². The van der Waals surface area contributed by atoms with Crippen LogP contribution in [0, 0.1) is 0 Å². The van der Waals surface area contributed by atoms with E-state index >= 15 is 0 Å². The lowest BCUT2D eigenvalue weighted by Gasteiger charge is -2.26. The molecule has 12 aromatic rings. The monoisotopic (exact) mass is 782 g/mol. The van der Waals surface area contributed by atoms with Gasteiger partial charge in [0.15, 0.2) is 0 Å². The van der Waals surface area contributed by atoms with Gasteiger partial charge >= 0.3 is 0 Å². The van der Waals surface area contributed by atoms with Crippen molar-refractivity contribution in [2.75, 3.05) is 0 Å². The molecule has 0 atom stereocenters. The van der Waals surface area contributed by atoms with E-state index in [4.69, 9.17) is 0 Å². The highest BCUT2D eigenvalue weighted by atomic mass is 14.3. The minimum absolute atomic E-state index is 1.21. The van der Waals surface area contributed by atoms with Crippen LogP contribution in [0.4, 0.5) is 0 Å². The lowest BCUT2D eigenvalue weighted by molar-refractivity contribution is 1.61. The molecule has 0 nitrogen and oxygen atoms in total. The molecule has 0 radical (unpaired) electrons. The van der Waals surface area contributed by atoms with Crippen LogP contribution in [0.5, 0.6) is 0 Å². The van der Waals surface area contributed by atoms with Crippen molar-refractivity contribution in [3.8, 4) is 66.8 Å². The first-order chi connectivity index (χ1) is 30.6. The first-order valence-corrected chi connectivity index (χ1v) is 21.7. The van der Waals surface area contributed by atoms with Crippen LogP contribution in [0.25, 0.3) is 121 Å². The Hall–Kier alpha value is -7.67. The summed E-state index contributed by atoms with van der Waals surface area (Å²) >= 11 is 0. The van der Waals surface area contributed by atoms with E-state index < -0.39 is 0 Å². The highest BCUT2D eigenvalue weighted by Crippen LogP contribution is 2.55. The van der Waals surface area contributed by atoms with Gasteiger partial charge in [0.25, 0.3) is 0 Å². The van der Waals surface area contributed by atoms with Gasteiger partial charge in [0.2, 0.25) is 0 Å². The Bertz CT molecular complexity index is 3420. The standard InChI is InChI=1S/C60H40B2/c61-43-27-13-25-41(33-43)51-35-49(37-17-5-1-6-18-37)57-45-29-15-32-48-55(45)56-46(30-16-31-47(56)59(57)53(51)39-21-9-3-10-22-39)58-50(38-19-7-2-8-20-38)36-52(42-26-14-28-44(62)34-42)54(60(48)58)40-23-11-4-12-24-40/h1-36H,61-62H2. The minimum atomic E-state index is 1.21. The molecule has 0 unspecified atom stereocenters. The van der Waals surface area contributed by atoms with Gasteiger partial charge in [-0.25, -0.2) is 0 Å². The molecule has 286 valence electrons. The van der Waals surface area contributed by atoms with E-state index in [0.717, 1.165) is 0 Å². The lowest BCUT2D eigenvalue weighted by atomic mass is 9.76. The quantitative estimate of drug-likeness (QED) is 0.0895. The van der Waals surface area contributed by atoms with E-state index in [2.05, 4.69) is 234 Å². The maximum atomic E-state index is 2.48. The van der Waals surface area contributed by atoms with Crippen LogP contribution < -0.4 is 10.9 Å². The molecule has 0 amide bonds. The second-order valence-corrected chi connectivity index (χ2v) is 16.9. The van der Waals surface area contributed by atoms with Crippen molar-refractivity contribution in [3.63, 3.8) is 0 Å². The Labute approximate surface area is 363 Å². The van der Waals surface area contributed by atoms with Crippen LogP contribution >= 0.6 is 0 Å². The Morgan fingerprint density at radius 1 is 0.210 bits per heavy atom. The van der Waals surface area contributed by atoms with Crippen LogP contribution in [0.2, 0.25) is 0 Å². The van der Waals surface area contributed by atoms with Crippen molar-refractivity contribution >= 4 is 80.5 Å². The van der Waals surface area contributed by atoms with Gasteiger partial charge in [-0.2, -0.15) is 0 Å². The van der Waals surface area contributed by atoms with Crippen LogP contribution in [-0.4, -0.2) is 15.7 Å². The zero-order chi connectivity index (χ0) is 41.3. The predicted molar refractivity (Wildman–Crippen MR) is 274 cm³/mol. The zero-order valence-electron chi connectivity index (χ0n) is 34.8. The number of hydrogen-bond acceptors (Lipinski definition) is 0. The van der Waals surface area contributed by atoms with Gasteiger partial charge < -0.3 is 0 Å². The topological polar surface area (TPSA) is 0 Å². The van der Waals surface area contributed by atoms with Gasteiger partial charge in [-0.05, 0) is 133 Å². The highest BCUT2D eigenvalue weighted by molar-refractivity contribution is 6.45. The Morgan fingerprint density at radius 2 is 0.516 bits per heavy atom. The second kappa shape index (κ2) is 14.5. The van der Waals surface area contributed by atoms with Gasteiger partial charge in [0.05, 0.1) is 0 Å². The van der Waals surface area contributed by atoms with E-state index in [1.54, 1.807) is 0 Å². The first-order valence-electron chi connectivity index (χ1n) is 21.7. The van der Waals surface area contributed by atoms with E-state index in [1.165, 1.54) is 132 Å². The Kier molecular flexibility index (Phi) is 8.47. The summed E-state index contributed by atoms with van der Waals surface area (Å²) in [6.45, 7) is 0. The molecule has 12 rings (SSSR count). The summed E-state index contributed by atoms with van der Waals surface area (Å²) in [5.74, 6) is 0. The molecule has 0 saturated heterocycles. The smallest absolute Gasteiger partial charge is 0.0884 e. The Balaban J connectivity index is 1.39. The summed E-state index contributed by atoms with van der Waals surface area (Å²) in [6.07, 6.45) is 0. The minimum Gasteiger partial charge on any atom is -0.0884 e. The van der Waals surface area contributed by atoms with E-state index in [9.17, 15) is 0 Å². The van der Waals surface area contributed by atoms with E-state index in [-0.39, 0.29) is 0 Å². The predicted octanol–water partition coefficient (Wildman–Crippen LogP) is 13.4. The molecule has 62 heavy (non-hydrogen) atoms. The molecular formula is C60H40B2. The maximum Gasteiger partial charge on any atom is 0.139 e. The molecule has 0 fully saturated rings. The summed E-state index contributed by atoms with van der Waals surface area (Å²) in [5, 5.41) is 12.9. The molecule has 0 aliphatic heterocycles. The van der Waals surface area contributed by atoms with Gasteiger partial charge in [-0.3, -0.25) is 0 Å². The molecule has 0 spiro atoms. The summed E-state index contributed by atoms with van der Waals surface area (Å²) in [7, 11) is 4.40. The van der Waals surface area contributed by atoms with Crippen molar-refractivity contribution in [2.24, 2.45) is 0 Å². The maximum absolute atomic E-state index is 2.48. The first kappa shape index (κ1) is 36.2. The van der Waals surface area contributed by atoms with Crippen molar-refractivity contribution in [3.05, 3.63) is 218 Å². The SMILES string of the molecule is Bc1cccc(-c2cc(-c3ccccc3)c3c4cccc5c6c(-c7ccccc7)c(-c7cccc(B)c7)cc(-c7ccccc7)c6c6cccc(c3c2-c2ccccc2)c6c45)c1. The normalized spacial score (nSPS) is 11.7. The van der Waals surface area contributed by atoms with Gasteiger partial charge in [-0.1, -0.05) is 217 Å². The molecule has 0 bridgehead atoms. The Morgan fingerprint density at radius 3 is 0.871 bits per heavy atom. The molecular weight excluding hydrogens is 742 g/mol. The summed E-state index contributed by atoms with van der Waals surface area (Å²) in [4.78, 5) is 0. The lowest BCUT2D eigenvalue weighted by Crippen LogP contribution is -2.02. The molecule has 0 aromatic heterocycles. The van der Waals surface area contributed by atoms with Gasteiger partial charge in [-0.15, -0.1) is 0 Å². The fourth-order valence-corrected chi connectivity index (χ4v) is 10.5. The third-order valence-corrected chi connectivity index (χ3v) is 13.1. The average molecular weight is 783 g/mol. The number of benzene rings is 12. The molecule has 0 N–H and O–H groups in total. The summed E-state index contributed by atoms with van der Waals surface area (Å²) < 4.78 is 0. The molecule has 0 aliphatic rings. The molecule has 0 heterocycles. The van der Waals surface area contributed by atoms with E-state index in [0.29, 0.717) is 0 Å². The van der Waals surface area contributed by atoms with Crippen LogP contribution in [0.1, 0.15) is 0 Å². The zero-order valence-corrected chi connectivity index (χ0v) is 34.8. The molecule has 0 saturated carbocycles. The fraction of sp³-hybridized carbons (Fsp3) is 0. The molecule has 12 aromatic carbocycles. The van der Waals surface area contributed by atoms with Gasteiger partial charge in [0, 0.05) is 0 Å². The fourth-order valence-electron chi connectivity index (χ4n) is 10.5. The summed E-state index contributed by atoms with van der Waals surface area (Å²) in [6, 6.07) is 81.4. The second-order valence-electron chi connectivity index (χ2n) is 16.9. The third-order valence-electron chi connectivity index (χ3n) is 13.1. The summed E-state index contributed by atoms with van der Waals surface area (Å²) in [5.41, 5.74) is 17.3. The number of hydrogen-bond donors (Lipinski definition) is 0. The molecule has 0 aliphatic carbocycles.